The van der Waals surface area contributed by atoms with Crippen LogP contribution >= 0.6 is 0 Å². The molecule has 184 valence electrons. The predicted molar refractivity (Wildman–Crippen MR) is 144 cm³/mol. The highest BCUT2D eigenvalue weighted by molar-refractivity contribution is 5.85. The number of hydrogen-bond acceptors (Lipinski definition) is 4. The normalized spacial score (nSPS) is 18.8. The third kappa shape index (κ3) is 6.71. The van der Waals surface area contributed by atoms with E-state index < -0.39 is 0 Å². The first-order valence-corrected chi connectivity index (χ1v) is 13.2. The summed E-state index contributed by atoms with van der Waals surface area (Å²) in [5.41, 5.74) is 6.24. The molecule has 0 bridgehead atoms. The SMILES string of the molecule is CCCc1cc(C=NC2CCC(N=Cc3cc(CCC)cc(CC)c3O)CC2)c(O)c(CC)c1. The van der Waals surface area contributed by atoms with Gasteiger partial charge in [-0.05, 0) is 85.8 Å². The third-order valence-corrected chi connectivity index (χ3v) is 6.91. The van der Waals surface area contributed by atoms with E-state index >= 15 is 0 Å². The van der Waals surface area contributed by atoms with Crippen LogP contribution in [-0.4, -0.2) is 34.7 Å². The van der Waals surface area contributed by atoms with Gasteiger partial charge in [0.05, 0.1) is 12.1 Å². The van der Waals surface area contributed by atoms with Crippen molar-refractivity contribution >= 4 is 12.4 Å². The van der Waals surface area contributed by atoms with E-state index in [-0.39, 0.29) is 12.1 Å². The lowest BCUT2D eigenvalue weighted by molar-refractivity contribution is 0.399. The molecule has 2 aromatic carbocycles. The molecule has 1 saturated carbocycles. The summed E-state index contributed by atoms with van der Waals surface area (Å²) >= 11 is 0. The van der Waals surface area contributed by atoms with Crippen LogP contribution in [0.5, 0.6) is 11.5 Å². The second-order valence-electron chi connectivity index (χ2n) is 9.61. The zero-order valence-electron chi connectivity index (χ0n) is 21.5. The van der Waals surface area contributed by atoms with Gasteiger partial charge < -0.3 is 10.2 Å². The van der Waals surface area contributed by atoms with Gasteiger partial charge >= 0.3 is 0 Å². The molecule has 4 nitrogen and oxygen atoms in total. The van der Waals surface area contributed by atoms with E-state index in [1.54, 1.807) is 0 Å². The van der Waals surface area contributed by atoms with E-state index in [1.807, 2.05) is 12.4 Å². The maximum absolute atomic E-state index is 10.6. The zero-order chi connectivity index (χ0) is 24.5. The molecular weight excluding hydrogens is 420 g/mol. The lowest BCUT2D eigenvalue weighted by atomic mass is 9.91. The minimum atomic E-state index is 0.277. The molecule has 0 saturated heterocycles. The molecule has 4 heteroatoms. The number of nitrogens with zero attached hydrogens (tertiary/aromatic N) is 2. The largest absolute Gasteiger partial charge is 0.507 e. The lowest BCUT2D eigenvalue weighted by Crippen LogP contribution is -2.20. The second-order valence-corrected chi connectivity index (χ2v) is 9.61. The quantitative estimate of drug-likeness (QED) is 0.374. The smallest absolute Gasteiger partial charge is 0.127 e. The molecule has 1 fully saturated rings. The van der Waals surface area contributed by atoms with Crippen LogP contribution < -0.4 is 0 Å². The van der Waals surface area contributed by atoms with E-state index in [9.17, 15) is 10.2 Å². The summed E-state index contributed by atoms with van der Waals surface area (Å²) in [6.45, 7) is 8.52. The number of hydrogen-bond donors (Lipinski definition) is 2. The summed E-state index contributed by atoms with van der Waals surface area (Å²) in [6.07, 6.45) is 13.6. The van der Waals surface area contributed by atoms with Crippen LogP contribution in [0.4, 0.5) is 0 Å². The Hall–Kier alpha value is -2.62. The standard InChI is InChI=1S/C30H42N2O2/c1-5-9-21-15-23(7-3)29(33)25(17-21)19-31-27-11-13-28(14-12-27)32-20-26-18-22(10-6-2)16-24(8-4)30(26)34/h15-20,27-28,33-34H,5-14H2,1-4H3. The van der Waals surface area contributed by atoms with Gasteiger partial charge in [0, 0.05) is 23.6 Å². The van der Waals surface area contributed by atoms with E-state index in [1.165, 1.54) is 11.1 Å². The van der Waals surface area contributed by atoms with Crippen LogP contribution in [-0.2, 0) is 25.7 Å². The van der Waals surface area contributed by atoms with Gasteiger partial charge in [-0.15, -0.1) is 0 Å². The fourth-order valence-corrected chi connectivity index (χ4v) is 4.90. The Morgan fingerprint density at radius 3 is 1.38 bits per heavy atom. The van der Waals surface area contributed by atoms with Gasteiger partial charge in [0.1, 0.15) is 11.5 Å². The average molecular weight is 463 g/mol. The first-order chi connectivity index (χ1) is 16.5. The maximum atomic E-state index is 10.6. The molecular formula is C30H42N2O2. The van der Waals surface area contributed by atoms with Crippen molar-refractivity contribution in [2.24, 2.45) is 9.98 Å². The van der Waals surface area contributed by atoms with Crippen LogP contribution in [0, 0.1) is 0 Å². The third-order valence-electron chi connectivity index (χ3n) is 6.91. The van der Waals surface area contributed by atoms with E-state index in [0.717, 1.165) is 86.5 Å². The van der Waals surface area contributed by atoms with Crippen molar-refractivity contribution in [3.8, 4) is 11.5 Å². The van der Waals surface area contributed by atoms with Crippen molar-refractivity contribution < 1.29 is 10.2 Å². The first-order valence-electron chi connectivity index (χ1n) is 13.2. The number of aryl methyl sites for hydroxylation is 4. The zero-order valence-corrected chi connectivity index (χ0v) is 21.5. The van der Waals surface area contributed by atoms with Crippen LogP contribution in [0.2, 0.25) is 0 Å². The van der Waals surface area contributed by atoms with E-state index in [4.69, 9.17) is 9.98 Å². The van der Waals surface area contributed by atoms with Crippen molar-refractivity contribution in [3.63, 3.8) is 0 Å². The van der Waals surface area contributed by atoms with Crippen LogP contribution in [0.3, 0.4) is 0 Å². The Morgan fingerprint density at radius 2 is 1.06 bits per heavy atom. The van der Waals surface area contributed by atoms with Crippen LogP contribution in [0.15, 0.2) is 34.3 Å². The minimum absolute atomic E-state index is 0.277. The van der Waals surface area contributed by atoms with Crippen molar-refractivity contribution in [1.29, 1.82) is 0 Å². The molecule has 0 unspecified atom stereocenters. The highest BCUT2D eigenvalue weighted by Crippen LogP contribution is 2.28. The van der Waals surface area contributed by atoms with Gasteiger partial charge in [0.2, 0.25) is 0 Å². The van der Waals surface area contributed by atoms with E-state index in [2.05, 4.69) is 52.0 Å². The molecule has 0 aromatic heterocycles. The van der Waals surface area contributed by atoms with Gasteiger partial charge in [-0.3, -0.25) is 9.98 Å². The van der Waals surface area contributed by atoms with Gasteiger partial charge in [-0.1, -0.05) is 52.7 Å². The molecule has 2 aromatic rings. The lowest BCUT2D eigenvalue weighted by Gasteiger charge is -2.23. The van der Waals surface area contributed by atoms with Gasteiger partial charge in [-0.2, -0.15) is 0 Å². The number of phenolic OH excluding ortho intramolecular Hbond substituents is 2. The summed E-state index contributed by atoms with van der Waals surface area (Å²) in [5.74, 6) is 0.752. The Labute approximate surface area is 205 Å². The second kappa shape index (κ2) is 12.7. The van der Waals surface area contributed by atoms with Crippen LogP contribution in [0.25, 0.3) is 0 Å². The fraction of sp³-hybridized carbons (Fsp3) is 0.533. The molecule has 1 aliphatic rings. The van der Waals surface area contributed by atoms with Gasteiger partial charge in [0.25, 0.3) is 0 Å². The minimum Gasteiger partial charge on any atom is -0.507 e. The van der Waals surface area contributed by atoms with Crippen molar-refractivity contribution in [1.82, 2.24) is 0 Å². The molecule has 0 radical (unpaired) electrons. The molecule has 0 amide bonds. The van der Waals surface area contributed by atoms with Crippen LogP contribution in [0.1, 0.15) is 99.6 Å². The number of aliphatic imine (C=N–C) groups is 2. The first kappa shape index (κ1) is 26.0. The van der Waals surface area contributed by atoms with Crippen molar-refractivity contribution in [3.05, 3.63) is 57.6 Å². The Morgan fingerprint density at radius 1 is 0.676 bits per heavy atom. The molecule has 0 aliphatic heterocycles. The highest BCUT2D eigenvalue weighted by Gasteiger charge is 2.20. The summed E-state index contributed by atoms with van der Waals surface area (Å²) in [5, 5.41) is 21.2. The molecule has 2 N–H and O–H groups in total. The Balaban J connectivity index is 1.63. The summed E-state index contributed by atoms with van der Waals surface area (Å²) in [6, 6.07) is 8.97. The summed E-state index contributed by atoms with van der Waals surface area (Å²) < 4.78 is 0. The average Bonchev–Trinajstić information content (AvgIpc) is 2.85. The summed E-state index contributed by atoms with van der Waals surface area (Å²) in [7, 11) is 0. The molecule has 3 rings (SSSR count). The number of benzene rings is 2. The molecule has 0 spiro atoms. The highest BCUT2D eigenvalue weighted by atomic mass is 16.3. The molecule has 0 atom stereocenters. The van der Waals surface area contributed by atoms with E-state index in [0.29, 0.717) is 11.5 Å². The number of rotatable bonds is 10. The summed E-state index contributed by atoms with van der Waals surface area (Å²) in [4.78, 5) is 9.67. The predicted octanol–water partition coefficient (Wildman–Crippen LogP) is 6.98. The molecule has 0 heterocycles. The van der Waals surface area contributed by atoms with Gasteiger partial charge in [-0.25, -0.2) is 0 Å². The fourth-order valence-electron chi connectivity index (χ4n) is 4.90. The van der Waals surface area contributed by atoms with Crippen molar-refractivity contribution in [2.75, 3.05) is 0 Å². The maximum Gasteiger partial charge on any atom is 0.127 e. The Kier molecular flexibility index (Phi) is 9.74. The topological polar surface area (TPSA) is 65.2 Å². The van der Waals surface area contributed by atoms with Crippen molar-refractivity contribution in [2.45, 2.75) is 104 Å². The number of phenols is 2. The molecule has 34 heavy (non-hydrogen) atoms. The Bertz CT molecular complexity index is 920. The number of aromatic hydroxyl groups is 2. The molecule has 1 aliphatic carbocycles. The monoisotopic (exact) mass is 462 g/mol. The van der Waals surface area contributed by atoms with Gasteiger partial charge in [0.15, 0.2) is 0 Å².